The predicted octanol–water partition coefficient (Wildman–Crippen LogP) is 3.68. The van der Waals surface area contributed by atoms with E-state index in [4.69, 9.17) is 11.6 Å². The molecule has 0 aliphatic rings. The summed E-state index contributed by atoms with van der Waals surface area (Å²) in [5.74, 6) is 0.764. The quantitative estimate of drug-likeness (QED) is 0.792. The lowest BCUT2D eigenvalue weighted by Gasteiger charge is -2.13. The van der Waals surface area contributed by atoms with Gasteiger partial charge in [0.25, 0.3) is 0 Å². The van der Waals surface area contributed by atoms with Crippen LogP contribution in [0.5, 0.6) is 0 Å². The number of halogens is 2. The second kappa shape index (κ2) is 8.80. The first-order chi connectivity index (χ1) is 7.27. The van der Waals surface area contributed by atoms with Gasteiger partial charge in [0.15, 0.2) is 0 Å². The molecule has 1 N–H and O–H groups in total. The smallest absolute Gasteiger partial charge is 0.133 e. The summed E-state index contributed by atoms with van der Waals surface area (Å²) in [5, 5.41) is 4.03. The predicted molar refractivity (Wildman–Crippen MR) is 72.3 cm³/mol. The van der Waals surface area contributed by atoms with Crippen LogP contribution < -0.4 is 5.32 Å². The number of nitrogens with one attached hydrogen (secondary N) is 1. The first-order valence-electron chi connectivity index (χ1n) is 5.58. The van der Waals surface area contributed by atoms with Crippen LogP contribution in [0.2, 0.25) is 5.15 Å². The zero-order valence-corrected chi connectivity index (χ0v) is 11.4. The van der Waals surface area contributed by atoms with E-state index in [2.05, 4.69) is 24.1 Å². The molecule has 92 valence electrons. The van der Waals surface area contributed by atoms with Gasteiger partial charge < -0.3 is 5.32 Å². The van der Waals surface area contributed by atoms with E-state index in [9.17, 15) is 0 Å². The summed E-state index contributed by atoms with van der Waals surface area (Å²) in [5.41, 5.74) is 1.07. The van der Waals surface area contributed by atoms with Gasteiger partial charge in [-0.05, 0) is 18.5 Å². The maximum atomic E-state index is 5.96. The molecule has 1 aromatic heterocycles. The van der Waals surface area contributed by atoms with Gasteiger partial charge in [-0.3, -0.25) is 0 Å². The van der Waals surface area contributed by atoms with Crippen molar-refractivity contribution in [2.75, 3.05) is 6.54 Å². The second-order valence-corrected chi connectivity index (χ2v) is 4.12. The third-order valence-electron chi connectivity index (χ3n) is 2.74. The molecule has 0 bridgehead atoms. The summed E-state index contributed by atoms with van der Waals surface area (Å²) in [4.78, 5) is 4.04. The molecule has 0 radical (unpaired) electrons. The molecule has 0 atom stereocenters. The molecule has 0 fully saturated rings. The van der Waals surface area contributed by atoms with Gasteiger partial charge >= 0.3 is 0 Å². The van der Waals surface area contributed by atoms with Gasteiger partial charge in [0.2, 0.25) is 0 Å². The molecule has 1 heterocycles. The van der Waals surface area contributed by atoms with Crippen molar-refractivity contribution in [1.82, 2.24) is 10.3 Å². The van der Waals surface area contributed by atoms with E-state index in [0.717, 1.165) is 24.6 Å². The molecule has 0 saturated heterocycles. The number of pyridine rings is 1. The average molecular weight is 263 g/mol. The Labute approximate surface area is 109 Å². The highest BCUT2D eigenvalue weighted by Gasteiger charge is 2.04. The third kappa shape index (κ3) is 5.15. The number of rotatable bonds is 6. The van der Waals surface area contributed by atoms with Crippen molar-refractivity contribution in [3.8, 4) is 0 Å². The van der Waals surface area contributed by atoms with E-state index in [1.165, 1.54) is 12.8 Å². The number of hydrogen-bond donors (Lipinski definition) is 1. The normalized spacial score (nSPS) is 10.2. The van der Waals surface area contributed by atoms with Crippen LogP contribution >= 0.6 is 24.0 Å². The summed E-state index contributed by atoms with van der Waals surface area (Å²) in [6.45, 7) is 6.32. The van der Waals surface area contributed by atoms with Crippen LogP contribution in [-0.4, -0.2) is 11.5 Å². The topological polar surface area (TPSA) is 24.9 Å². The van der Waals surface area contributed by atoms with Crippen LogP contribution in [0.4, 0.5) is 0 Å². The van der Waals surface area contributed by atoms with Gasteiger partial charge in [0.05, 0.1) is 0 Å². The lowest BCUT2D eigenvalue weighted by atomic mass is 10.0. The van der Waals surface area contributed by atoms with E-state index >= 15 is 0 Å². The van der Waals surface area contributed by atoms with Crippen LogP contribution in [-0.2, 0) is 6.54 Å². The largest absolute Gasteiger partial charge is 0.312 e. The van der Waals surface area contributed by atoms with Crippen molar-refractivity contribution in [1.29, 1.82) is 0 Å². The maximum Gasteiger partial charge on any atom is 0.133 e. The molecule has 0 unspecified atom stereocenters. The zero-order valence-electron chi connectivity index (χ0n) is 9.87. The molecule has 0 aliphatic carbocycles. The Bertz CT molecular complexity index is 288. The van der Waals surface area contributed by atoms with Crippen molar-refractivity contribution in [2.24, 2.45) is 5.92 Å². The van der Waals surface area contributed by atoms with E-state index in [1.54, 1.807) is 6.20 Å². The molecular formula is C12H20Cl2N2. The van der Waals surface area contributed by atoms with E-state index < -0.39 is 0 Å². The van der Waals surface area contributed by atoms with Gasteiger partial charge in [-0.15, -0.1) is 12.4 Å². The van der Waals surface area contributed by atoms with Crippen molar-refractivity contribution in [3.63, 3.8) is 0 Å². The maximum absolute atomic E-state index is 5.96. The minimum Gasteiger partial charge on any atom is -0.312 e. The molecular weight excluding hydrogens is 243 g/mol. The molecule has 16 heavy (non-hydrogen) atoms. The first-order valence-corrected chi connectivity index (χ1v) is 5.95. The SMILES string of the molecule is CCC(CC)CNCc1cccnc1Cl.Cl. The Balaban J connectivity index is 0.00000225. The van der Waals surface area contributed by atoms with Gasteiger partial charge in [-0.1, -0.05) is 44.4 Å². The molecule has 4 heteroatoms. The average Bonchev–Trinajstić information content (AvgIpc) is 2.27. The summed E-state index contributed by atoms with van der Waals surface area (Å²) < 4.78 is 0. The monoisotopic (exact) mass is 262 g/mol. The van der Waals surface area contributed by atoms with E-state index in [1.807, 2.05) is 12.1 Å². The van der Waals surface area contributed by atoms with Crippen LogP contribution in [0, 0.1) is 5.92 Å². The first kappa shape index (κ1) is 15.7. The van der Waals surface area contributed by atoms with Crippen molar-refractivity contribution >= 4 is 24.0 Å². The molecule has 0 aromatic carbocycles. The highest BCUT2D eigenvalue weighted by Crippen LogP contribution is 2.11. The zero-order chi connectivity index (χ0) is 11.1. The summed E-state index contributed by atoms with van der Waals surface area (Å²) in [7, 11) is 0. The Morgan fingerprint density at radius 2 is 2.06 bits per heavy atom. The fourth-order valence-corrected chi connectivity index (χ4v) is 1.73. The highest BCUT2D eigenvalue weighted by molar-refractivity contribution is 6.30. The van der Waals surface area contributed by atoms with Crippen molar-refractivity contribution in [2.45, 2.75) is 33.2 Å². The molecule has 0 saturated carbocycles. The molecule has 0 spiro atoms. The van der Waals surface area contributed by atoms with Crippen LogP contribution in [0.25, 0.3) is 0 Å². The van der Waals surface area contributed by atoms with Crippen LogP contribution in [0.1, 0.15) is 32.3 Å². The minimum atomic E-state index is 0. The Morgan fingerprint density at radius 1 is 1.38 bits per heavy atom. The van der Waals surface area contributed by atoms with Crippen LogP contribution in [0.15, 0.2) is 18.3 Å². The molecule has 2 nitrogen and oxygen atoms in total. The summed E-state index contributed by atoms with van der Waals surface area (Å²) in [6.07, 6.45) is 4.17. The molecule has 1 rings (SSSR count). The van der Waals surface area contributed by atoms with Crippen LogP contribution in [0.3, 0.4) is 0 Å². The third-order valence-corrected chi connectivity index (χ3v) is 3.08. The minimum absolute atomic E-state index is 0. The van der Waals surface area contributed by atoms with Gasteiger partial charge in [-0.25, -0.2) is 4.98 Å². The summed E-state index contributed by atoms with van der Waals surface area (Å²) >= 11 is 5.96. The Kier molecular flexibility index (Phi) is 8.63. The highest BCUT2D eigenvalue weighted by atomic mass is 35.5. The lowest BCUT2D eigenvalue weighted by molar-refractivity contribution is 0.449. The molecule has 0 amide bonds. The van der Waals surface area contributed by atoms with E-state index in [0.29, 0.717) is 5.15 Å². The standard InChI is InChI=1S/C12H19ClN2.ClH/c1-3-10(4-2)8-14-9-11-6-5-7-15-12(11)13;/h5-7,10,14H,3-4,8-9H2,1-2H3;1H. The lowest BCUT2D eigenvalue weighted by Crippen LogP contribution is -2.21. The number of aromatic nitrogens is 1. The van der Waals surface area contributed by atoms with E-state index in [-0.39, 0.29) is 12.4 Å². The fourth-order valence-electron chi connectivity index (χ4n) is 1.54. The molecule has 0 aliphatic heterocycles. The Hall–Kier alpha value is -0.310. The Morgan fingerprint density at radius 3 is 2.62 bits per heavy atom. The van der Waals surface area contributed by atoms with Crippen molar-refractivity contribution < 1.29 is 0 Å². The molecule has 1 aromatic rings. The number of nitrogens with zero attached hydrogens (tertiary/aromatic N) is 1. The van der Waals surface area contributed by atoms with Gasteiger partial charge in [-0.2, -0.15) is 0 Å². The van der Waals surface area contributed by atoms with Gasteiger partial charge in [0, 0.05) is 18.3 Å². The number of hydrogen-bond acceptors (Lipinski definition) is 2. The van der Waals surface area contributed by atoms with Gasteiger partial charge in [0.1, 0.15) is 5.15 Å². The fraction of sp³-hybridized carbons (Fsp3) is 0.583. The van der Waals surface area contributed by atoms with Crippen molar-refractivity contribution in [3.05, 3.63) is 29.0 Å². The second-order valence-electron chi connectivity index (χ2n) is 3.77. The summed E-state index contributed by atoms with van der Waals surface area (Å²) in [6, 6.07) is 3.93.